The summed E-state index contributed by atoms with van der Waals surface area (Å²) >= 11 is 0. The zero-order valence-corrected chi connectivity index (χ0v) is 15.6. The molecule has 3 rings (SSSR count). The maximum absolute atomic E-state index is 11.6. The molecule has 0 bridgehead atoms. The molecule has 0 atom stereocenters. The molecule has 0 saturated carbocycles. The molecule has 1 aromatic rings. The summed E-state index contributed by atoms with van der Waals surface area (Å²) in [6.07, 6.45) is 21.9. The summed E-state index contributed by atoms with van der Waals surface area (Å²) in [4.78, 5) is 0. The van der Waals surface area contributed by atoms with Crippen molar-refractivity contribution in [1.82, 2.24) is 0 Å². The SMILES string of the molecule is CC([O-])=C1C=CC=C1.[Fe+2].[O-]C(C=CC=Cc1ccccc1)=C1C=CC=C1. The second kappa shape index (κ2) is 11.8. The molecule has 0 saturated heterocycles. The van der Waals surface area contributed by atoms with Gasteiger partial charge in [0.05, 0.1) is 0 Å². The minimum absolute atomic E-state index is 0. The van der Waals surface area contributed by atoms with Crippen molar-refractivity contribution in [2.45, 2.75) is 6.92 Å². The van der Waals surface area contributed by atoms with Gasteiger partial charge in [0, 0.05) is 0 Å². The molecule has 132 valence electrons. The molecule has 2 aliphatic carbocycles. The Balaban J connectivity index is 0.000000318. The minimum Gasteiger partial charge on any atom is -0.875 e. The fourth-order valence-electron chi connectivity index (χ4n) is 2.12. The van der Waals surface area contributed by atoms with Crippen molar-refractivity contribution < 1.29 is 27.3 Å². The van der Waals surface area contributed by atoms with Gasteiger partial charge in [-0.05, 0) is 16.7 Å². The van der Waals surface area contributed by atoms with E-state index in [4.69, 9.17) is 0 Å². The molecule has 0 aromatic heterocycles. The normalized spacial score (nSPS) is 14.0. The van der Waals surface area contributed by atoms with Crippen LogP contribution in [0.3, 0.4) is 0 Å². The number of rotatable bonds is 3. The average Bonchev–Trinajstić information content (AvgIpc) is 3.33. The Bertz CT molecular complexity index is 785. The van der Waals surface area contributed by atoms with E-state index in [9.17, 15) is 10.2 Å². The number of benzene rings is 1. The van der Waals surface area contributed by atoms with E-state index >= 15 is 0 Å². The molecular weight excluding hydrogens is 364 g/mol. The van der Waals surface area contributed by atoms with E-state index in [2.05, 4.69) is 0 Å². The van der Waals surface area contributed by atoms with Crippen molar-refractivity contribution >= 4 is 6.08 Å². The first-order valence-corrected chi connectivity index (χ1v) is 8.05. The van der Waals surface area contributed by atoms with Gasteiger partial charge in [-0.3, -0.25) is 0 Å². The molecule has 2 aliphatic rings. The predicted molar refractivity (Wildman–Crippen MR) is 101 cm³/mol. The summed E-state index contributed by atoms with van der Waals surface area (Å²) in [7, 11) is 0. The number of allylic oxidation sites excluding steroid dienone is 14. The Morgan fingerprint density at radius 3 is 1.81 bits per heavy atom. The molecule has 0 heterocycles. The second-order valence-electron chi connectivity index (χ2n) is 5.40. The monoisotopic (exact) mass is 384 g/mol. The maximum Gasteiger partial charge on any atom is 2.00 e. The number of hydrogen-bond donors (Lipinski definition) is 0. The first kappa shape index (κ1) is 21.3. The summed E-state index contributed by atoms with van der Waals surface area (Å²) in [6, 6.07) is 9.98. The summed E-state index contributed by atoms with van der Waals surface area (Å²) < 4.78 is 0. The van der Waals surface area contributed by atoms with Gasteiger partial charge in [-0.1, -0.05) is 110 Å². The Morgan fingerprint density at radius 2 is 1.31 bits per heavy atom. The van der Waals surface area contributed by atoms with Crippen LogP contribution in [0.2, 0.25) is 0 Å². The van der Waals surface area contributed by atoms with E-state index in [0.717, 1.165) is 16.7 Å². The standard InChI is InChI=1S/C16H14O.C7H8O.Fe/c17-16(15-11-5-6-12-15)13-7-4-10-14-8-2-1-3-9-14;1-6(8)7-4-2-3-5-7;/h1-13,17H;2-5,8H,1H3;/q;;+2/p-2. The molecule has 0 aliphatic heterocycles. The van der Waals surface area contributed by atoms with Crippen LogP contribution in [0.5, 0.6) is 0 Å². The molecule has 26 heavy (non-hydrogen) atoms. The van der Waals surface area contributed by atoms with Crippen molar-refractivity contribution in [1.29, 1.82) is 0 Å². The van der Waals surface area contributed by atoms with Gasteiger partial charge in [-0.2, -0.15) is 0 Å². The summed E-state index contributed by atoms with van der Waals surface area (Å²) in [5, 5.41) is 22.1. The Kier molecular flexibility index (Phi) is 9.63. The quantitative estimate of drug-likeness (QED) is 0.453. The van der Waals surface area contributed by atoms with Gasteiger partial charge in [0.1, 0.15) is 0 Å². The molecule has 0 N–H and O–H groups in total. The van der Waals surface area contributed by atoms with Gasteiger partial charge in [-0.15, -0.1) is 11.5 Å². The third-order valence-corrected chi connectivity index (χ3v) is 3.46. The summed E-state index contributed by atoms with van der Waals surface area (Å²) in [5.74, 6) is 0.169. The zero-order chi connectivity index (χ0) is 17.9. The topological polar surface area (TPSA) is 46.1 Å². The van der Waals surface area contributed by atoms with Crippen molar-refractivity contribution in [2.24, 2.45) is 0 Å². The van der Waals surface area contributed by atoms with Crippen molar-refractivity contribution in [2.75, 3.05) is 0 Å². The molecule has 0 amide bonds. The second-order valence-corrected chi connectivity index (χ2v) is 5.40. The van der Waals surface area contributed by atoms with Crippen LogP contribution < -0.4 is 10.2 Å². The largest absolute Gasteiger partial charge is 2.00 e. The van der Waals surface area contributed by atoms with Crippen molar-refractivity contribution in [3.63, 3.8) is 0 Å². The van der Waals surface area contributed by atoms with Crippen molar-refractivity contribution in [3.05, 3.63) is 125 Å². The van der Waals surface area contributed by atoms with Gasteiger partial charge in [0.25, 0.3) is 0 Å². The van der Waals surface area contributed by atoms with Gasteiger partial charge in [-0.25, -0.2) is 0 Å². The molecule has 1 aromatic carbocycles. The van der Waals surface area contributed by atoms with Crippen LogP contribution in [0.1, 0.15) is 12.5 Å². The van der Waals surface area contributed by atoms with Crippen molar-refractivity contribution in [3.8, 4) is 0 Å². The van der Waals surface area contributed by atoms with E-state index in [-0.39, 0.29) is 28.6 Å². The van der Waals surface area contributed by atoms with Gasteiger partial charge < -0.3 is 10.2 Å². The summed E-state index contributed by atoms with van der Waals surface area (Å²) in [6.45, 7) is 1.56. The third-order valence-electron chi connectivity index (χ3n) is 3.46. The van der Waals surface area contributed by atoms with Crippen LogP contribution >= 0.6 is 0 Å². The maximum atomic E-state index is 11.6. The first-order valence-electron chi connectivity index (χ1n) is 8.05. The van der Waals surface area contributed by atoms with Crippen LogP contribution in [0.25, 0.3) is 6.08 Å². The molecule has 0 fully saturated rings. The van der Waals surface area contributed by atoms with Gasteiger partial charge in [0.2, 0.25) is 0 Å². The molecule has 0 unspecified atom stereocenters. The Morgan fingerprint density at radius 1 is 0.769 bits per heavy atom. The first-order chi connectivity index (χ1) is 12.2. The predicted octanol–water partition coefficient (Wildman–Crippen LogP) is 3.74. The third kappa shape index (κ3) is 7.43. The van der Waals surface area contributed by atoms with E-state index in [1.54, 1.807) is 19.1 Å². The van der Waals surface area contributed by atoms with Crippen LogP contribution in [0, 0.1) is 0 Å². The average molecular weight is 384 g/mol. The molecule has 3 heteroatoms. The number of hydrogen-bond acceptors (Lipinski definition) is 2. The Labute approximate surface area is 165 Å². The minimum atomic E-state index is 0. The van der Waals surface area contributed by atoms with E-state index in [0.29, 0.717) is 0 Å². The van der Waals surface area contributed by atoms with E-state index in [1.165, 1.54) is 0 Å². The fourth-order valence-corrected chi connectivity index (χ4v) is 2.12. The zero-order valence-electron chi connectivity index (χ0n) is 14.5. The van der Waals surface area contributed by atoms with Crippen LogP contribution in [-0.2, 0) is 17.1 Å². The van der Waals surface area contributed by atoms with Gasteiger partial charge in [0.15, 0.2) is 0 Å². The van der Waals surface area contributed by atoms with Crippen LogP contribution in [0.15, 0.2) is 120 Å². The molecule has 2 nitrogen and oxygen atoms in total. The smallest absolute Gasteiger partial charge is 0.875 e. The van der Waals surface area contributed by atoms with E-state index < -0.39 is 0 Å². The molecule has 0 radical (unpaired) electrons. The van der Waals surface area contributed by atoms with Crippen LogP contribution in [-0.4, -0.2) is 0 Å². The van der Waals surface area contributed by atoms with E-state index in [1.807, 2.05) is 91.1 Å². The Hall–Kier alpha value is -2.74. The molecular formula is C23H20FeO2. The fraction of sp³-hybridized carbons (Fsp3) is 0.0435. The summed E-state index contributed by atoms with van der Waals surface area (Å²) in [5.41, 5.74) is 2.65. The van der Waals surface area contributed by atoms with Gasteiger partial charge >= 0.3 is 17.1 Å². The van der Waals surface area contributed by atoms with Crippen LogP contribution in [0.4, 0.5) is 0 Å². The molecule has 0 spiro atoms.